The van der Waals surface area contributed by atoms with E-state index in [4.69, 9.17) is 0 Å². The Bertz CT molecular complexity index is 679. The first kappa shape index (κ1) is 15.4. The second kappa shape index (κ2) is 6.62. The van der Waals surface area contributed by atoms with E-state index in [0.717, 1.165) is 0 Å². The third kappa shape index (κ3) is 3.98. The van der Waals surface area contributed by atoms with Crippen LogP contribution in [0.5, 0.6) is 0 Å². The maximum Gasteiger partial charge on any atom is 0.243 e. The minimum Gasteiger partial charge on any atom is -0.374 e. The Morgan fingerprint density at radius 1 is 1.00 bits per heavy atom. The van der Waals surface area contributed by atoms with Crippen molar-refractivity contribution in [2.75, 3.05) is 17.2 Å². The number of hydrogen-bond acceptors (Lipinski definition) is 2. The van der Waals surface area contributed by atoms with Crippen molar-refractivity contribution >= 4 is 33.2 Å². The first-order chi connectivity index (χ1) is 9.97. The summed E-state index contributed by atoms with van der Waals surface area (Å²) in [7, 11) is 0. The van der Waals surface area contributed by atoms with Crippen LogP contribution in [-0.2, 0) is 4.79 Å². The zero-order valence-electron chi connectivity index (χ0n) is 10.6. The third-order valence-electron chi connectivity index (χ3n) is 2.60. The van der Waals surface area contributed by atoms with Crippen LogP contribution in [0, 0.1) is 17.5 Å². The van der Waals surface area contributed by atoms with E-state index in [0.29, 0.717) is 6.07 Å². The van der Waals surface area contributed by atoms with E-state index in [9.17, 15) is 18.0 Å². The van der Waals surface area contributed by atoms with Crippen LogP contribution in [0.1, 0.15) is 0 Å². The molecule has 0 spiro atoms. The highest BCUT2D eigenvalue weighted by Crippen LogP contribution is 2.23. The molecule has 0 saturated carbocycles. The van der Waals surface area contributed by atoms with Gasteiger partial charge in [-0.2, -0.15) is 0 Å². The van der Waals surface area contributed by atoms with Crippen LogP contribution < -0.4 is 10.6 Å². The van der Waals surface area contributed by atoms with E-state index in [2.05, 4.69) is 26.6 Å². The predicted molar refractivity (Wildman–Crippen MR) is 77.6 cm³/mol. The number of anilines is 2. The normalized spacial score (nSPS) is 10.3. The Balaban J connectivity index is 1.99. The van der Waals surface area contributed by atoms with Gasteiger partial charge in [0.2, 0.25) is 5.91 Å². The number of nitrogens with one attached hydrogen (secondary N) is 2. The number of carbonyl (C=O) groups excluding carboxylic acids is 1. The lowest BCUT2D eigenvalue weighted by Gasteiger charge is -2.10. The van der Waals surface area contributed by atoms with Gasteiger partial charge < -0.3 is 10.6 Å². The van der Waals surface area contributed by atoms with Crippen molar-refractivity contribution in [3.8, 4) is 0 Å². The lowest BCUT2D eigenvalue weighted by atomic mass is 10.3. The molecule has 2 rings (SSSR count). The lowest BCUT2D eigenvalue weighted by Crippen LogP contribution is -2.22. The quantitative estimate of drug-likeness (QED) is 0.813. The van der Waals surface area contributed by atoms with Crippen LogP contribution in [0.15, 0.2) is 40.9 Å². The van der Waals surface area contributed by atoms with E-state index < -0.39 is 23.4 Å². The Morgan fingerprint density at radius 2 is 1.71 bits per heavy atom. The van der Waals surface area contributed by atoms with Gasteiger partial charge in [0, 0.05) is 6.07 Å². The van der Waals surface area contributed by atoms with E-state index in [-0.39, 0.29) is 22.4 Å². The van der Waals surface area contributed by atoms with Crippen LogP contribution in [-0.4, -0.2) is 12.5 Å². The molecule has 1 amide bonds. The summed E-state index contributed by atoms with van der Waals surface area (Å²) in [6.07, 6.45) is 0. The fourth-order valence-electron chi connectivity index (χ4n) is 1.59. The molecule has 0 unspecified atom stereocenters. The van der Waals surface area contributed by atoms with Crippen LogP contribution in [0.3, 0.4) is 0 Å². The second-order valence-electron chi connectivity index (χ2n) is 4.13. The van der Waals surface area contributed by atoms with Gasteiger partial charge >= 0.3 is 0 Å². The van der Waals surface area contributed by atoms with E-state index >= 15 is 0 Å². The molecular formula is C14H10BrF3N2O. The Kier molecular flexibility index (Phi) is 4.85. The minimum absolute atomic E-state index is 0.0325. The summed E-state index contributed by atoms with van der Waals surface area (Å²) in [4.78, 5) is 11.7. The highest BCUT2D eigenvalue weighted by atomic mass is 79.9. The molecule has 21 heavy (non-hydrogen) atoms. The van der Waals surface area contributed by atoms with Gasteiger partial charge in [0.1, 0.15) is 17.5 Å². The zero-order valence-corrected chi connectivity index (χ0v) is 12.2. The second-order valence-corrected chi connectivity index (χ2v) is 4.98. The lowest BCUT2D eigenvalue weighted by molar-refractivity contribution is -0.114. The van der Waals surface area contributed by atoms with Crippen molar-refractivity contribution in [1.82, 2.24) is 0 Å². The third-order valence-corrected chi connectivity index (χ3v) is 3.21. The van der Waals surface area contributed by atoms with Gasteiger partial charge in [0.25, 0.3) is 0 Å². The van der Waals surface area contributed by atoms with E-state index in [1.807, 2.05) is 0 Å². The summed E-state index contributed by atoms with van der Waals surface area (Å²) in [6, 6.07) is 7.56. The standard InChI is InChI=1S/C14H10BrF3N2O/c15-8-5-13(11(18)6-10(8)17)19-7-14(21)20-12-4-2-1-3-9(12)16/h1-6,19H,7H2,(H,20,21). The van der Waals surface area contributed by atoms with Crippen LogP contribution >= 0.6 is 15.9 Å². The van der Waals surface area contributed by atoms with Gasteiger partial charge in [-0.05, 0) is 34.1 Å². The topological polar surface area (TPSA) is 41.1 Å². The van der Waals surface area contributed by atoms with Gasteiger partial charge in [-0.1, -0.05) is 12.1 Å². The highest BCUT2D eigenvalue weighted by Gasteiger charge is 2.10. The van der Waals surface area contributed by atoms with Crippen LogP contribution in [0.4, 0.5) is 24.5 Å². The van der Waals surface area contributed by atoms with Gasteiger partial charge in [0.15, 0.2) is 0 Å². The smallest absolute Gasteiger partial charge is 0.243 e. The molecule has 7 heteroatoms. The number of carbonyl (C=O) groups is 1. The molecule has 110 valence electrons. The van der Waals surface area contributed by atoms with Crippen molar-refractivity contribution in [1.29, 1.82) is 0 Å². The number of hydrogen-bond donors (Lipinski definition) is 2. The van der Waals surface area contributed by atoms with Crippen molar-refractivity contribution < 1.29 is 18.0 Å². The summed E-state index contributed by atoms with van der Waals surface area (Å²) in [5.74, 6) is -2.69. The fourth-order valence-corrected chi connectivity index (χ4v) is 1.93. The molecule has 2 aromatic carbocycles. The largest absolute Gasteiger partial charge is 0.374 e. The molecule has 0 fully saturated rings. The van der Waals surface area contributed by atoms with Crippen LogP contribution in [0.2, 0.25) is 0 Å². The van der Waals surface area contributed by atoms with Crippen LogP contribution in [0.25, 0.3) is 0 Å². The minimum atomic E-state index is -0.825. The molecule has 2 N–H and O–H groups in total. The molecule has 0 atom stereocenters. The van der Waals surface area contributed by atoms with Crippen molar-refractivity contribution in [3.05, 3.63) is 58.3 Å². The zero-order chi connectivity index (χ0) is 15.4. The highest BCUT2D eigenvalue weighted by molar-refractivity contribution is 9.10. The molecule has 0 aliphatic heterocycles. The average Bonchev–Trinajstić information content (AvgIpc) is 2.44. The number of rotatable bonds is 4. The molecule has 0 heterocycles. The van der Waals surface area contributed by atoms with Crippen molar-refractivity contribution in [2.45, 2.75) is 0 Å². The van der Waals surface area contributed by atoms with Gasteiger partial charge in [0.05, 0.1) is 22.4 Å². The monoisotopic (exact) mass is 358 g/mol. The molecule has 0 bridgehead atoms. The van der Waals surface area contributed by atoms with Crippen molar-refractivity contribution in [3.63, 3.8) is 0 Å². The Labute approximate surface area is 127 Å². The first-order valence-electron chi connectivity index (χ1n) is 5.90. The first-order valence-corrected chi connectivity index (χ1v) is 6.69. The van der Waals surface area contributed by atoms with Gasteiger partial charge in [-0.25, -0.2) is 13.2 Å². The number of amides is 1. The van der Waals surface area contributed by atoms with Gasteiger partial charge in [-0.3, -0.25) is 4.79 Å². The summed E-state index contributed by atoms with van der Waals surface area (Å²) in [5.41, 5.74) is -0.00276. The molecule has 0 aliphatic rings. The van der Waals surface area contributed by atoms with Gasteiger partial charge in [-0.15, -0.1) is 0 Å². The average molecular weight is 359 g/mol. The SMILES string of the molecule is O=C(CNc1cc(Br)c(F)cc1F)Nc1ccccc1F. The van der Waals surface area contributed by atoms with Crippen molar-refractivity contribution in [2.24, 2.45) is 0 Å². The Hall–Kier alpha value is -2.02. The maximum atomic E-state index is 13.5. The molecule has 0 saturated heterocycles. The van der Waals surface area contributed by atoms with E-state index in [1.165, 1.54) is 24.3 Å². The van der Waals surface area contributed by atoms with E-state index in [1.54, 1.807) is 6.07 Å². The molecule has 2 aromatic rings. The fraction of sp³-hybridized carbons (Fsp3) is 0.0714. The molecule has 0 aromatic heterocycles. The number of halogens is 4. The summed E-state index contributed by atoms with van der Waals surface area (Å²) in [5, 5.41) is 4.86. The predicted octanol–water partition coefficient (Wildman–Crippen LogP) is 3.92. The number of para-hydroxylation sites is 1. The molecule has 0 radical (unpaired) electrons. The molecule has 0 aliphatic carbocycles. The number of benzene rings is 2. The molecular weight excluding hydrogens is 349 g/mol. The molecule has 3 nitrogen and oxygen atoms in total. The summed E-state index contributed by atoms with van der Waals surface area (Å²) >= 11 is 2.92. The Morgan fingerprint density at radius 3 is 2.43 bits per heavy atom. The summed E-state index contributed by atoms with van der Waals surface area (Å²) < 4.78 is 39.9. The summed E-state index contributed by atoms with van der Waals surface area (Å²) in [6.45, 7) is -0.288. The maximum absolute atomic E-state index is 13.5.